The van der Waals surface area contributed by atoms with E-state index in [0.717, 1.165) is 0 Å². The van der Waals surface area contributed by atoms with E-state index in [1.54, 1.807) is 23.0 Å². The van der Waals surface area contributed by atoms with Gasteiger partial charge in [-0.3, -0.25) is 4.98 Å². The Bertz CT molecular complexity index is 84.2. The molecule has 0 saturated carbocycles. The van der Waals surface area contributed by atoms with Crippen LogP contribution >= 0.6 is 11.3 Å². The Balaban J connectivity index is 0.000000145. The molecule has 8 heavy (non-hydrogen) atoms. The highest BCUT2D eigenvalue weighted by Gasteiger charge is 1.59. The fourth-order valence-corrected chi connectivity index (χ4v) is 0.527. The van der Waals surface area contributed by atoms with Crippen LogP contribution in [0.2, 0.25) is 0 Å². The number of nitrogens with zero attached hydrogens (tertiary/aromatic N) is 1. The SMILES string of the molecule is OBO.c1cscn1. The first-order valence-electron chi connectivity index (χ1n) is 1.95. The van der Waals surface area contributed by atoms with E-state index < -0.39 is 7.69 Å². The fraction of sp³-hybridized carbons (Fsp3) is 0. The largest absolute Gasteiger partial charge is 0.432 e. The average Bonchev–Trinajstić information content (AvgIpc) is 2.17. The second-order valence-electron chi connectivity index (χ2n) is 0.817. The molecule has 0 radical (unpaired) electrons. The van der Waals surface area contributed by atoms with Crippen LogP contribution in [0, 0.1) is 0 Å². The Morgan fingerprint density at radius 3 is 2.25 bits per heavy atom. The van der Waals surface area contributed by atoms with Gasteiger partial charge < -0.3 is 10.0 Å². The summed E-state index contributed by atoms with van der Waals surface area (Å²) in [7, 11) is -0.750. The van der Waals surface area contributed by atoms with E-state index in [4.69, 9.17) is 10.0 Å². The highest BCUT2D eigenvalue weighted by molar-refractivity contribution is 7.07. The summed E-state index contributed by atoms with van der Waals surface area (Å²) in [5.41, 5.74) is 1.79. The average molecular weight is 131 g/mol. The van der Waals surface area contributed by atoms with Crippen LogP contribution in [0.4, 0.5) is 0 Å². The lowest BCUT2D eigenvalue weighted by Gasteiger charge is -1.48. The molecule has 1 aromatic rings. The molecule has 0 saturated heterocycles. The van der Waals surface area contributed by atoms with Crippen LogP contribution in [0.15, 0.2) is 17.1 Å². The Morgan fingerprint density at radius 1 is 1.50 bits per heavy atom. The van der Waals surface area contributed by atoms with Crippen molar-refractivity contribution in [2.75, 3.05) is 0 Å². The molecule has 0 aliphatic carbocycles. The highest BCUT2D eigenvalue weighted by Crippen LogP contribution is 1.85. The van der Waals surface area contributed by atoms with Crippen LogP contribution in [0.25, 0.3) is 0 Å². The van der Waals surface area contributed by atoms with Crippen LogP contribution in [-0.4, -0.2) is 22.7 Å². The van der Waals surface area contributed by atoms with Crippen LogP contribution in [-0.2, 0) is 0 Å². The maximum absolute atomic E-state index is 7.12. The van der Waals surface area contributed by atoms with E-state index in [1.165, 1.54) is 0 Å². The van der Waals surface area contributed by atoms with Crippen molar-refractivity contribution in [2.45, 2.75) is 0 Å². The van der Waals surface area contributed by atoms with Crippen molar-refractivity contribution in [3.8, 4) is 0 Å². The summed E-state index contributed by atoms with van der Waals surface area (Å²) in [5, 5.41) is 16.2. The molecule has 2 N–H and O–H groups in total. The van der Waals surface area contributed by atoms with Gasteiger partial charge in [-0.05, 0) is 0 Å². The third-order valence-corrected chi connectivity index (χ3v) is 0.869. The van der Waals surface area contributed by atoms with Crippen molar-refractivity contribution in [1.82, 2.24) is 4.98 Å². The quantitative estimate of drug-likeness (QED) is 0.461. The maximum Gasteiger partial charge on any atom is 0.432 e. The van der Waals surface area contributed by atoms with Gasteiger partial charge in [-0.1, -0.05) is 0 Å². The molecule has 0 unspecified atom stereocenters. The molecule has 0 atom stereocenters. The van der Waals surface area contributed by atoms with Crippen molar-refractivity contribution < 1.29 is 10.0 Å². The molecule has 5 heteroatoms. The van der Waals surface area contributed by atoms with Gasteiger partial charge in [-0.25, -0.2) is 0 Å². The monoisotopic (exact) mass is 131 g/mol. The first-order chi connectivity index (χ1) is 3.91. The molecule has 1 aromatic heterocycles. The number of hydrogen-bond donors (Lipinski definition) is 2. The van der Waals surface area contributed by atoms with Crippen molar-refractivity contribution in [3.63, 3.8) is 0 Å². The molecule has 44 valence electrons. The van der Waals surface area contributed by atoms with Crippen LogP contribution < -0.4 is 0 Å². The standard InChI is InChI=1S/C3H3NS.BH3O2/c1-2-5-3-4-1;2-1-3/h1-3H;1-3H. The molecule has 0 aromatic carbocycles. The van der Waals surface area contributed by atoms with Crippen molar-refractivity contribution >= 4 is 19.0 Å². The normalized spacial score (nSPS) is 6.75. The minimum absolute atomic E-state index is 0.750. The van der Waals surface area contributed by atoms with Gasteiger partial charge in [0.25, 0.3) is 0 Å². The predicted octanol–water partition coefficient (Wildman–Crippen LogP) is -0.619. The van der Waals surface area contributed by atoms with Gasteiger partial charge in [0.05, 0.1) is 5.51 Å². The molecule has 0 bridgehead atoms. The molecular formula is C3H6BNO2S. The Hall–Kier alpha value is -0.385. The Morgan fingerprint density at radius 2 is 2.12 bits per heavy atom. The van der Waals surface area contributed by atoms with Gasteiger partial charge >= 0.3 is 7.69 Å². The number of rotatable bonds is 0. The van der Waals surface area contributed by atoms with Gasteiger partial charge in [-0.2, -0.15) is 0 Å². The lowest BCUT2D eigenvalue weighted by molar-refractivity contribution is 0.448. The summed E-state index contributed by atoms with van der Waals surface area (Å²) in [6.45, 7) is 0. The second-order valence-corrected chi connectivity index (χ2v) is 1.57. The van der Waals surface area contributed by atoms with E-state index in [-0.39, 0.29) is 0 Å². The second kappa shape index (κ2) is 6.61. The molecule has 3 nitrogen and oxygen atoms in total. The smallest absolute Gasteiger partial charge is 0.430 e. The van der Waals surface area contributed by atoms with Gasteiger partial charge in [0.1, 0.15) is 0 Å². The third-order valence-electron chi connectivity index (χ3n) is 0.347. The Labute approximate surface area is 51.9 Å². The van der Waals surface area contributed by atoms with Crippen molar-refractivity contribution in [1.29, 1.82) is 0 Å². The zero-order chi connectivity index (χ0) is 6.24. The fourth-order valence-electron chi connectivity index (χ4n) is 0.176. The van der Waals surface area contributed by atoms with E-state index in [1.807, 2.05) is 5.38 Å². The molecule has 0 spiro atoms. The number of thiazole rings is 1. The lowest BCUT2D eigenvalue weighted by Crippen LogP contribution is -1.75. The van der Waals surface area contributed by atoms with E-state index in [2.05, 4.69) is 4.98 Å². The first-order valence-corrected chi connectivity index (χ1v) is 2.90. The maximum atomic E-state index is 7.12. The zero-order valence-electron chi connectivity index (χ0n) is 4.19. The topological polar surface area (TPSA) is 53.4 Å². The van der Waals surface area contributed by atoms with Gasteiger partial charge in [0.15, 0.2) is 0 Å². The summed E-state index contributed by atoms with van der Waals surface area (Å²) in [5.74, 6) is 0. The molecule has 0 fully saturated rings. The van der Waals surface area contributed by atoms with Crippen LogP contribution in [0.1, 0.15) is 0 Å². The lowest BCUT2D eigenvalue weighted by atomic mass is 10.5. The molecule has 1 heterocycles. The summed E-state index contributed by atoms with van der Waals surface area (Å²) < 4.78 is 0. The van der Waals surface area contributed by atoms with Crippen LogP contribution in [0.5, 0.6) is 0 Å². The van der Waals surface area contributed by atoms with E-state index >= 15 is 0 Å². The highest BCUT2D eigenvalue weighted by atomic mass is 32.1. The number of aromatic nitrogens is 1. The minimum atomic E-state index is -0.750. The molecular weight excluding hydrogens is 125 g/mol. The summed E-state index contributed by atoms with van der Waals surface area (Å²) in [4.78, 5) is 3.74. The minimum Gasteiger partial charge on any atom is -0.430 e. The molecule has 0 aliphatic rings. The summed E-state index contributed by atoms with van der Waals surface area (Å²) >= 11 is 1.60. The molecule has 0 amide bonds. The van der Waals surface area contributed by atoms with E-state index in [9.17, 15) is 0 Å². The van der Waals surface area contributed by atoms with Crippen molar-refractivity contribution in [2.24, 2.45) is 0 Å². The summed E-state index contributed by atoms with van der Waals surface area (Å²) in [6, 6.07) is 0. The van der Waals surface area contributed by atoms with Gasteiger partial charge in [0, 0.05) is 11.6 Å². The zero-order valence-corrected chi connectivity index (χ0v) is 5.01. The Kier molecular flexibility index (Phi) is 6.30. The predicted molar refractivity (Wildman–Crippen MR) is 33.7 cm³/mol. The van der Waals surface area contributed by atoms with Crippen molar-refractivity contribution in [3.05, 3.63) is 17.1 Å². The summed E-state index contributed by atoms with van der Waals surface area (Å²) in [6.07, 6.45) is 1.77. The number of hydrogen-bond acceptors (Lipinski definition) is 4. The van der Waals surface area contributed by atoms with Gasteiger partial charge in [0.2, 0.25) is 0 Å². The molecule has 1 rings (SSSR count). The molecule has 0 aliphatic heterocycles. The third kappa shape index (κ3) is 5.61. The van der Waals surface area contributed by atoms with Gasteiger partial charge in [-0.15, -0.1) is 11.3 Å². The first kappa shape index (κ1) is 7.61. The van der Waals surface area contributed by atoms with Crippen LogP contribution in [0.3, 0.4) is 0 Å². The van der Waals surface area contributed by atoms with E-state index in [0.29, 0.717) is 0 Å².